The van der Waals surface area contributed by atoms with Crippen LogP contribution in [0.3, 0.4) is 0 Å². The van der Waals surface area contributed by atoms with Gasteiger partial charge in [-0.25, -0.2) is 9.99 Å². The number of benzene rings is 2. The van der Waals surface area contributed by atoms with E-state index in [1.807, 2.05) is 6.92 Å². The summed E-state index contributed by atoms with van der Waals surface area (Å²) >= 11 is 1.30. The maximum absolute atomic E-state index is 13.1. The van der Waals surface area contributed by atoms with Crippen LogP contribution >= 0.6 is 11.3 Å². The van der Waals surface area contributed by atoms with E-state index in [4.69, 9.17) is 4.74 Å². The lowest BCUT2D eigenvalue weighted by Crippen LogP contribution is -2.21. The largest absolute Gasteiger partial charge is 0.494 e. The Morgan fingerprint density at radius 1 is 1.13 bits per heavy atom. The second kappa shape index (κ2) is 8.85. The summed E-state index contributed by atoms with van der Waals surface area (Å²) < 4.78 is 6.66. The van der Waals surface area contributed by atoms with Gasteiger partial charge in [-0.3, -0.25) is 9.59 Å². The number of aromatic hydroxyl groups is 1. The maximum atomic E-state index is 13.1. The van der Waals surface area contributed by atoms with Gasteiger partial charge in [-0.2, -0.15) is 5.10 Å². The van der Waals surface area contributed by atoms with Crippen LogP contribution in [0.25, 0.3) is 16.5 Å². The molecule has 0 saturated heterocycles. The number of aromatic nitrogens is 1. The van der Waals surface area contributed by atoms with Crippen LogP contribution in [0.2, 0.25) is 0 Å². The highest BCUT2D eigenvalue weighted by Gasteiger charge is 2.16. The van der Waals surface area contributed by atoms with Crippen LogP contribution in [0.5, 0.6) is 11.6 Å². The van der Waals surface area contributed by atoms with Crippen molar-refractivity contribution >= 4 is 34.2 Å². The molecule has 2 N–H and O–H groups in total. The van der Waals surface area contributed by atoms with Crippen LogP contribution in [-0.4, -0.2) is 28.4 Å². The van der Waals surface area contributed by atoms with Gasteiger partial charge in [0.25, 0.3) is 11.5 Å². The number of hydrogen-bond acceptors (Lipinski definition) is 6. The Balaban J connectivity index is 1.78. The number of ether oxygens (including phenoxy) is 1. The molecule has 7 nitrogen and oxygen atoms in total. The highest BCUT2D eigenvalue weighted by molar-refractivity contribution is 7.12. The van der Waals surface area contributed by atoms with E-state index < -0.39 is 0 Å². The minimum Gasteiger partial charge on any atom is -0.494 e. The molecule has 0 fully saturated rings. The van der Waals surface area contributed by atoms with Gasteiger partial charge in [0, 0.05) is 10.8 Å². The zero-order valence-electron chi connectivity index (χ0n) is 16.6. The Hall–Kier alpha value is -3.91. The molecular formula is C23H19N3O4S. The summed E-state index contributed by atoms with van der Waals surface area (Å²) in [4.78, 5) is 25.8. The van der Waals surface area contributed by atoms with Crippen molar-refractivity contribution in [2.75, 3.05) is 6.61 Å². The van der Waals surface area contributed by atoms with E-state index >= 15 is 0 Å². The first-order chi connectivity index (χ1) is 15.1. The third-order valence-electron chi connectivity index (χ3n) is 4.61. The van der Waals surface area contributed by atoms with Crippen molar-refractivity contribution in [2.45, 2.75) is 6.92 Å². The summed E-state index contributed by atoms with van der Waals surface area (Å²) in [5.41, 5.74) is 2.88. The molecule has 8 heteroatoms. The molecule has 0 aliphatic heterocycles. The number of rotatable bonds is 6. The van der Waals surface area contributed by atoms with Gasteiger partial charge in [0.1, 0.15) is 5.75 Å². The molecule has 4 aromatic rings. The molecule has 2 aromatic heterocycles. The number of nitrogens with zero attached hydrogens (tertiary/aromatic N) is 2. The SMILES string of the molecule is CCOc1ccc(-n2c(O)c(/C=N/NC(=O)c3cccs3)c3ccccc3c2=O)cc1. The molecule has 0 saturated carbocycles. The van der Waals surface area contributed by atoms with E-state index in [9.17, 15) is 14.7 Å². The van der Waals surface area contributed by atoms with Gasteiger partial charge in [0.05, 0.1) is 28.9 Å². The lowest BCUT2D eigenvalue weighted by molar-refractivity contribution is 0.0959. The predicted molar refractivity (Wildman–Crippen MR) is 122 cm³/mol. The zero-order chi connectivity index (χ0) is 21.8. The number of thiophene rings is 1. The fourth-order valence-corrected chi connectivity index (χ4v) is 3.82. The molecule has 0 aliphatic carbocycles. The second-order valence-corrected chi connectivity index (χ2v) is 7.47. The number of hydrogen-bond donors (Lipinski definition) is 2. The predicted octanol–water partition coefficient (Wildman–Crippen LogP) is 3.92. The van der Waals surface area contributed by atoms with Gasteiger partial charge >= 0.3 is 0 Å². The van der Waals surface area contributed by atoms with Crippen molar-refractivity contribution in [1.82, 2.24) is 9.99 Å². The van der Waals surface area contributed by atoms with Crippen LogP contribution in [-0.2, 0) is 0 Å². The van der Waals surface area contributed by atoms with Crippen LogP contribution in [0, 0.1) is 0 Å². The smallest absolute Gasteiger partial charge is 0.281 e. The fourth-order valence-electron chi connectivity index (χ4n) is 3.21. The van der Waals surface area contributed by atoms with Crippen LogP contribution < -0.4 is 15.7 Å². The summed E-state index contributed by atoms with van der Waals surface area (Å²) in [6.07, 6.45) is 1.34. The average Bonchev–Trinajstić information content (AvgIpc) is 3.32. The van der Waals surface area contributed by atoms with Crippen molar-refractivity contribution in [1.29, 1.82) is 0 Å². The molecule has 0 unspecified atom stereocenters. The van der Waals surface area contributed by atoms with E-state index in [-0.39, 0.29) is 17.3 Å². The zero-order valence-corrected chi connectivity index (χ0v) is 17.4. The van der Waals surface area contributed by atoms with E-state index in [0.717, 1.165) is 0 Å². The molecule has 0 atom stereocenters. The summed E-state index contributed by atoms with van der Waals surface area (Å²) in [6.45, 7) is 2.41. The van der Waals surface area contributed by atoms with E-state index in [1.54, 1.807) is 66.0 Å². The Kier molecular flexibility index (Phi) is 5.81. The third kappa shape index (κ3) is 4.06. The topological polar surface area (TPSA) is 92.9 Å². The Bertz CT molecular complexity index is 1310. The quantitative estimate of drug-likeness (QED) is 0.356. The number of carbonyl (C=O) groups is 1. The summed E-state index contributed by atoms with van der Waals surface area (Å²) in [6, 6.07) is 17.2. The van der Waals surface area contributed by atoms with Gasteiger partial charge in [-0.05, 0) is 48.7 Å². The summed E-state index contributed by atoms with van der Waals surface area (Å²) in [5.74, 6) is 0.0366. The number of pyridine rings is 1. The van der Waals surface area contributed by atoms with Crippen molar-refractivity contribution in [3.63, 3.8) is 0 Å². The first kappa shape index (κ1) is 20.4. The average molecular weight is 433 g/mol. The molecule has 0 spiro atoms. The summed E-state index contributed by atoms with van der Waals surface area (Å²) in [5, 5.41) is 17.7. The fraction of sp³-hybridized carbons (Fsp3) is 0.0870. The summed E-state index contributed by atoms with van der Waals surface area (Å²) in [7, 11) is 0. The van der Waals surface area contributed by atoms with Gasteiger partial charge in [-0.1, -0.05) is 24.3 Å². The number of carbonyl (C=O) groups excluding carboxylic acids is 1. The van der Waals surface area contributed by atoms with Crippen molar-refractivity contribution < 1.29 is 14.6 Å². The first-order valence-corrected chi connectivity index (χ1v) is 10.4. The Morgan fingerprint density at radius 2 is 1.87 bits per heavy atom. The molecule has 0 aliphatic rings. The monoisotopic (exact) mass is 433 g/mol. The molecular weight excluding hydrogens is 414 g/mol. The molecule has 4 rings (SSSR count). The third-order valence-corrected chi connectivity index (χ3v) is 5.48. The van der Waals surface area contributed by atoms with Crippen molar-refractivity contribution in [2.24, 2.45) is 5.10 Å². The number of fused-ring (bicyclic) bond motifs is 1. The molecule has 0 radical (unpaired) electrons. The molecule has 156 valence electrons. The Labute approximate surface area is 181 Å². The van der Waals surface area contributed by atoms with Gasteiger partial charge < -0.3 is 9.84 Å². The van der Waals surface area contributed by atoms with Crippen LogP contribution in [0.15, 0.2) is 75.9 Å². The van der Waals surface area contributed by atoms with Gasteiger partial charge in [0.15, 0.2) is 0 Å². The first-order valence-electron chi connectivity index (χ1n) is 9.57. The molecule has 2 aromatic carbocycles. The van der Waals surface area contributed by atoms with E-state index in [0.29, 0.717) is 39.3 Å². The van der Waals surface area contributed by atoms with Gasteiger partial charge in [0.2, 0.25) is 5.88 Å². The maximum Gasteiger partial charge on any atom is 0.281 e. The van der Waals surface area contributed by atoms with Crippen molar-refractivity contribution in [3.05, 3.63) is 86.8 Å². The number of hydrazone groups is 1. The minimum absolute atomic E-state index is 0.276. The molecule has 0 bridgehead atoms. The van der Waals surface area contributed by atoms with Gasteiger partial charge in [-0.15, -0.1) is 11.3 Å². The lowest BCUT2D eigenvalue weighted by Gasteiger charge is -2.14. The molecule has 1 amide bonds. The minimum atomic E-state index is -0.364. The van der Waals surface area contributed by atoms with E-state index in [2.05, 4.69) is 10.5 Å². The number of nitrogens with one attached hydrogen (secondary N) is 1. The lowest BCUT2D eigenvalue weighted by atomic mass is 10.1. The Morgan fingerprint density at radius 3 is 2.55 bits per heavy atom. The van der Waals surface area contributed by atoms with Crippen LogP contribution in [0.1, 0.15) is 22.2 Å². The van der Waals surface area contributed by atoms with E-state index in [1.165, 1.54) is 22.1 Å². The molecule has 2 heterocycles. The standard InChI is InChI=1S/C23H19N3O4S/c1-2-30-16-11-9-15(10-12-16)26-22(28)18-7-4-3-6-17(18)19(23(26)29)14-24-25-21(27)20-8-5-13-31-20/h3-14,29H,2H2,1H3,(H,25,27)/b24-14+. The highest BCUT2D eigenvalue weighted by atomic mass is 32.1. The normalized spacial score (nSPS) is 11.1. The van der Waals surface area contributed by atoms with Crippen LogP contribution in [0.4, 0.5) is 0 Å². The van der Waals surface area contributed by atoms with Crippen molar-refractivity contribution in [3.8, 4) is 17.3 Å². The molecule has 31 heavy (non-hydrogen) atoms. The number of amides is 1. The second-order valence-electron chi connectivity index (χ2n) is 6.53. The highest BCUT2D eigenvalue weighted by Crippen LogP contribution is 2.26.